The highest BCUT2D eigenvalue weighted by molar-refractivity contribution is 5.79. The van der Waals surface area contributed by atoms with Crippen LogP contribution in [0, 0.1) is 5.92 Å². The lowest BCUT2D eigenvalue weighted by Crippen LogP contribution is -2.51. The van der Waals surface area contributed by atoms with Crippen molar-refractivity contribution in [1.29, 1.82) is 0 Å². The molecule has 0 N–H and O–H groups in total. The SMILES string of the molecule is COc1cccc(CN2CCC(N3CCC[C@H](C(=O)N4CCCC4)C3)CC2)c1. The zero-order valence-corrected chi connectivity index (χ0v) is 17.3. The van der Waals surface area contributed by atoms with E-state index in [0.717, 1.165) is 51.4 Å². The average Bonchev–Trinajstić information content (AvgIpc) is 3.29. The summed E-state index contributed by atoms with van der Waals surface area (Å²) in [7, 11) is 1.73. The van der Waals surface area contributed by atoms with Gasteiger partial charge in [0.25, 0.3) is 0 Å². The maximum atomic E-state index is 12.8. The van der Waals surface area contributed by atoms with Crippen molar-refractivity contribution in [2.75, 3.05) is 46.4 Å². The van der Waals surface area contributed by atoms with Crippen molar-refractivity contribution in [3.8, 4) is 5.75 Å². The van der Waals surface area contributed by atoms with Crippen LogP contribution < -0.4 is 4.74 Å². The number of methoxy groups -OCH3 is 1. The van der Waals surface area contributed by atoms with Crippen molar-refractivity contribution in [3.63, 3.8) is 0 Å². The fraction of sp³-hybridized carbons (Fsp3) is 0.696. The van der Waals surface area contributed by atoms with Crippen molar-refractivity contribution in [3.05, 3.63) is 29.8 Å². The Morgan fingerprint density at radius 1 is 1.04 bits per heavy atom. The molecule has 1 aromatic carbocycles. The molecule has 0 saturated carbocycles. The molecule has 0 unspecified atom stereocenters. The predicted octanol–water partition coefficient (Wildman–Crippen LogP) is 2.99. The second-order valence-corrected chi connectivity index (χ2v) is 8.73. The molecule has 3 aliphatic rings. The molecule has 1 aromatic rings. The zero-order chi connectivity index (χ0) is 19.3. The van der Waals surface area contributed by atoms with Crippen molar-refractivity contribution in [2.45, 2.75) is 51.1 Å². The van der Waals surface area contributed by atoms with Gasteiger partial charge in [-0.05, 0) is 75.9 Å². The quantitative estimate of drug-likeness (QED) is 0.781. The van der Waals surface area contributed by atoms with E-state index in [9.17, 15) is 4.79 Å². The van der Waals surface area contributed by atoms with Crippen LogP contribution in [0.3, 0.4) is 0 Å². The highest BCUT2D eigenvalue weighted by Crippen LogP contribution is 2.27. The smallest absolute Gasteiger partial charge is 0.226 e. The minimum atomic E-state index is 0.238. The van der Waals surface area contributed by atoms with E-state index in [2.05, 4.69) is 32.9 Å². The van der Waals surface area contributed by atoms with Gasteiger partial charge in [-0.2, -0.15) is 0 Å². The summed E-state index contributed by atoms with van der Waals surface area (Å²) in [6.07, 6.45) is 7.07. The van der Waals surface area contributed by atoms with Gasteiger partial charge in [0.15, 0.2) is 0 Å². The minimum Gasteiger partial charge on any atom is -0.497 e. The van der Waals surface area contributed by atoms with Crippen LogP contribution in [0.5, 0.6) is 5.75 Å². The lowest BCUT2D eigenvalue weighted by Gasteiger charge is -2.42. The average molecular weight is 386 g/mol. The summed E-state index contributed by atoms with van der Waals surface area (Å²) in [5, 5.41) is 0. The predicted molar refractivity (Wildman–Crippen MR) is 111 cm³/mol. The van der Waals surface area contributed by atoms with E-state index in [4.69, 9.17) is 4.74 Å². The number of piperidine rings is 2. The molecule has 0 radical (unpaired) electrons. The van der Waals surface area contributed by atoms with E-state index >= 15 is 0 Å². The van der Waals surface area contributed by atoms with Gasteiger partial charge in [0.1, 0.15) is 5.75 Å². The van der Waals surface area contributed by atoms with E-state index in [1.165, 1.54) is 44.2 Å². The highest BCUT2D eigenvalue weighted by atomic mass is 16.5. The molecule has 5 heteroatoms. The molecule has 1 atom stereocenters. The number of nitrogens with zero attached hydrogens (tertiary/aromatic N) is 3. The summed E-state index contributed by atoms with van der Waals surface area (Å²) in [6.45, 7) is 7.41. The van der Waals surface area contributed by atoms with E-state index in [1.54, 1.807) is 7.11 Å². The first-order valence-electron chi connectivity index (χ1n) is 11.1. The summed E-state index contributed by atoms with van der Waals surface area (Å²) >= 11 is 0. The van der Waals surface area contributed by atoms with Crippen molar-refractivity contribution in [2.24, 2.45) is 5.92 Å². The summed E-state index contributed by atoms with van der Waals surface area (Å²) < 4.78 is 5.35. The maximum absolute atomic E-state index is 12.8. The van der Waals surface area contributed by atoms with Gasteiger partial charge in [-0.3, -0.25) is 14.6 Å². The number of carbonyl (C=O) groups excluding carboxylic acids is 1. The second kappa shape index (κ2) is 9.27. The normalized spacial score (nSPS) is 25.2. The van der Waals surface area contributed by atoms with Crippen LogP contribution in [0.1, 0.15) is 44.1 Å². The summed E-state index contributed by atoms with van der Waals surface area (Å²) in [5.41, 5.74) is 1.33. The molecule has 0 aliphatic carbocycles. The van der Waals surface area contributed by atoms with Crippen LogP contribution in [0.15, 0.2) is 24.3 Å². The standard InChI is InChI=1S/C23H35N3O2/c1-28-22-8-4-6-19(16-22)17-24-14-9-21(10-15-24)26-13-5-7-20(18-26)23(27)25-11-2-3-12-25/h4,6,8,16,20-21H,2-3,5,7,9-15,17-18H2,1H3/t20-/m0/s1. The minimum absolute atomic E-state index is 0.238. The molecule has 3 saturated heterocycles. The van der Waals surface area contributed by atoms with Gasteiger partial charge in [0, 0.05) is 32.2 Å². The monoisotopic (exact) mass is 385 g/mol. The number of carbonyl (C=O) groups is 1. The third-order valence-corrected chi connectivity index (χ3v) is 6.83. The molecule has 0 bridgehead atoms. The van der Waals surface area contributed by atoms with Crippen LogP contribution in [-0.2, 0) is 11.3 Å². The summed E-state index contributed by atoms with van der Waals surface area (Å²) in [4.78, 5) is 20.1. The van der Waals surface area contributed by atoms with Gasteiger partial charge < -0.3 is 9.64 Å². The van der Waals surface area contributed by atoms with Gasteiger partial charge in [-0.25, -0.2) is 0 Å². The molecule has 28 heavy (non-hydrogen) atoms. The molecule has 0 aromatic heterocycles. The molecule has 3 aliphatic heterocycles. The Hall–Kier alpha value is -1.59. The van der Waals surface area contributed by atoms with Crippen molar-refractivity contribution in [1.82, 2.24) is 14.7 Å². The van der Waals surface area contributed by atoms with Crippen LogP contribution >= 0.6 is 0 Å². The molecular weight excluding hydrogens is 350 g/mol. The fourth-order valence-corrected chi connectivity index (χ4v) is 5.21. The van der Waals surface area contributed by atoms with Gasteiger partial charge in [0.2, 0.25) is 5.91 Å². The second-order valence-electron chi connectivity index (χ2n) is 8.73. The molecule has 1 amide bonds. The molecule has 0 spiro atoms. The Bertz CT molecular complexity index is 651. The zero-order valence-electron chi connectivity index (χ0n) is 17.3. The largest absolute Gasteiger partial charge is 0.497 e. The molecule has 154 valence electrons. The summed E-state index contributed by atoms with van der Waals surface area (Å²) in [5.74, 6) is 1.61. The third-order valence-electron chi connectivity index (χ3n) is 6.83. The molecule has 3 fully saturated rings. The van der Waals surface area contributed by atoms with E-state index < -0.39 is 0 Å². The summed E-state index contributed by atoms with van der Waals surface area (Å²) in [6, 6.07) is 9.06. The first-order valence-corrected chi connectivity index (χ1v) is 11.1. The van der Waals surface area contributed by atoms with Crippen LogP contribution in [0.25, 0.3) is 0 Å². The van der Waals surface area contributed by atoms with Crippen LogP contribution in [-0.4, -0.2) is 73.0 Å². The fourth-order valence-electron chi connectivity index (χ4n) is 5.21. The number of amides is 1. The topological polar surface area (TPSA) is 36.0 Å². The molecular formula is C23H35N3O2. The molecule has 5 nitrogen and oxygen atoms in total. The molecule has 4 rings (SSSR count). The van der Waals surface area contributed by atoms with Gasteiger partial charge in [-0.1, -0.05) is 12.1 Å². The Morgan fingerprint density at radius 3 is 2.57 bits per heavy atom. The number of benzene rings is 1. The maximum Gasteiger partial charge on any atom is 0.226 e. The first-order chi connectivity index (χ1) is 13.7. The van der Waals surface area contributed by atoms with E-state index in [-0.39, 0.29) is 5.92 Å². The van der Waals surface area contributed by atoms with E-state index in [1.807, 2.05) is 6.07 Å². The first kappa shape index (κ1) is 19.7. The number of rotatable bonds is 5. The Balaban J connectivity index is 1.26. The number of ether oxygens (including phenoxy) is 1. The van der Waals surface area contributed by atoms with Crippen molar-refractivity contribution >= 4 is 5.91 Å². The van der Waals surface area contributed by atoms with Gasteiger partial charge in [0.05, 0.1) is 13.0 Å². The molecule has 3 heterocycles. The van der Waals surface area contributed by atoms with Crippen LogP contribution in [0.2, 0.25) is 0 Å². The third kappa shape index (κ3) is 4.69. The van der Waals surface area contributed by atoms with E-state index in [0.29, 0.717) is 11.9 Å². The Morgan fingerprint density at radius 2 is 1.82 bits per heavy atom. The van der Waals surface area contributed by atoms with Gasteiger partial charge >= 0.3 is 0 Å². The van der Waals surface area contributed by atoms with Crippen LogP contribution in [0.4, 0.5) is 0 Å². The number of likely N-dealkylation sites (tertiary alicyclic amines) is 3. The highest BCUT2D eigenvalue weighted by Gasteiger charge is 2.34. The number of hydrogen-bond acceptors (Lipinski definition) is 4. The number of hydrogen-bond donors (Lipinski definition) is 0. The van der Waals surface area contributed by atoms with Gasteiger partial charge in [-0.15, -0.1) is 0 Å². The van der Waals surface area contributed by atoms with Crippen molar-refractivity contribution < 1.29 is 9.53 Å². The Kier molecular flexibility index (Phi) is 6.53. The lowest BCUT2D eigenvalue weighted by molar-refractivity contribution is -0.136. The Labute approximate surface area is 169 Å². The lowest BCUT2D eigenvalue weighted by atomic mass is 9.93.